The van der Waals surface area contributed by atoms with E-state index in [2.05, 4.69) is 22.1 Å². The standard InChI is InChI=1S/C15H16N2O3S/c1-10-11(2)20-14(17-10)9-16-15(19)13-7-6-12(21-13)5-3-4-8-18/h6-7,18H,4,8-9H2,1-2H3,(H,16,19). The first-order valence-electron chi connectivity index (χ1n) is 6.51. The number of rotatable bonds is 4. The molecule has 5 nitrogen and oxygen atoms in total. The number of aromatic nitrogens is 1. The summed E-state index contributed by atoms with van der Waals surface area (Å²) < 4.78 is 5.40. The summed E-state index contributed by atoms with van der Waals surface area (Å²) in [7, 11) is 0. The average molecular weight is 304 g/mol. The predicted octanol–water partition coefficient (Wildman–Crippen LogP) is 2.02. The zero-order valence-corrected chi connectivity index (χ0v) is 12.7. The Kier molecular flexibility index (Phi) is 5.14. The highest BCUT2D eigenvalue weighted by molar-refractivity contribution is 7.14. The number of carbonyl (C=O) groups excluding carboxylic acids is 1. The van der Waals surface area contributed by atoms with E-state index in [-0.39, 0.29) is 19.1 Å². The van der Waals surface area contributed by atoms with Gasteiger partial charge >= 0.3 is 0 Å². The van der Waals surface area contributed by atoms with Gasteiger partial charge in [0, 0.05) is 6.42 Å². The Morgan fingerprint density at radius 3 is 2.95 bits per heavy atom. The number of hydrogen-bond acceptors (Lipinski definition) is 5. The number of nitrogens with one attached hydrogen (secondary N) is 1. The van der Waals surface area contributed by atoms with E-state index in [1.54, 1.807) is 12.1 Å². The SMILES string of the molecule is Cc1nc(CNC(=O)c2ccc(C#CCCO)s2)oc1C. The van der Waals surface area contributed by atoms with Crippen LogP contribution in [-0.4, -0.2) is 22.6 Å². The van der Waals surface area contributed by atoms with Gasteiger partial charge in [0.2, 0.25) is 5.89 Å². The van der Waals surface area contributed by atoms with Crippen molar-refractivity contribution in [2.45, 2.75) is 26.8 Å². The van der Waals surface area contributed by atoms with Crippen LogP contribution >= 0.6 is 11.3 Å². The summed E-state index contributed by atoms with van der Waals surface area (Å²) in [5.41, 5.74) is 0.830. The minimum Gasteiger partial charge on any atom is -0.444 e. The predicted molar refractivity (Wildman–Crippen MR) is 80.0 cm³/mol. The van der Waals surface area contributed by atoms with E-state index >= 15 is 0 Å². The third kappa shape index (κ3) is 4.18. The monoisotopic (exact) mass is 304 g/mol. The van der Waals surface area contributed by atoms with Crippen molar-refractivity contribution in [2.75, 3.05) is 6.61 Å². The maximum absolute atomic E-state index is 12.0. The van der Waals surface area contributed by atoms with Crippen molar-refractivity contribution in [3.05, 3.63) is 39.2 Å². The van der Waals surface area contributed by atoms with Gasteiger partial charge in [-0.3, -0.25) is 4.79 Å². The molecule has 1 amide bonds. The van der Waals surface area contributed by atoms with Gasteiger partial charge < -0.3 is 14.8 Å². The molecule has 0 unspecified atom stereocenters. The molecule has 0 saturated heterocycles. The Balaban J connectivity index is 1.93. The van der Waals surface area contributed by atoms with Crippen molar-refractivity contribution in [1.82, 2.24) is 10.3 Å². The number of hydrogen-bond donors (Lipinski definition) is 2. The topological polar surface area (TPSA) is 75.4 Å². The van der Waals surface area contributed by atoms with Crippen molar-refractivity contribution in [1.29, 1.82) is 0 Å². The fourth-order valence-electron chi connectivity index (χ4n) is 1.59. The summed E-state index contributed by atoms with van der Waals surface area (Å²) in [5, 5.41) is 11.4. The van der Waals surface area contributed by atoms with Crippen molar-refractivity contribution < 1.29 is 14.3 Å². The third-order valence-corrected chi connectivity index (χ3v) is 3.75. The second kappa shape index (κ2) is 7.07. The minimum atomic E-state index is -0.177. The van der Waals surface area contributed by atoms with Gasteiger partial charge in [0.25, 0.3) is 5.91 Å². The van der Waals surface area contributed by atoms with Crippen LogP contribution in [0.2, 0.25) is 0 Å². The highest BCUT2D eigenvalue weighted by Gasteiger charge is 2.11. The van der Waals surface area contributed by atoms with Crippen molar-refractivity contribution in [3.63, 3.8) is 0 Å². The molecule has 2 aromatic rings. The Morgan fingerprint density at radius 1 is 1.48 bits per heavy atom. The van der Waals surface area contributed by atoms with E-state index in [1.165, 1.54) is 11.3 Å². The number of aliphatic hydroxyl groups is 1. The molecule has 0 atom stereocenters. The van der Waals surface area contributed by atoms with Crippen molar-refractivity contribution in [3.8, 4) is 11.8 Å². The molecule has 0 aliphatic heterocycles. The van der Waals surface area contributed by atoms with Crippen molar-refractivity contribution in [2.24, 2.45) is 0 Å². The molecular weight excluding hydrogens is 288 g/mol. The van der Waals surface area contributed by atoms with Gasteiger partial charge in [0.1, 0.15) is 5.76 Å². The van der Waals surface area contributed by atoms with Crippen LogP contribution in [0.3, 0.4) is 0 Å². The number of aryl methyl sites for hydroxylation is 2. The quantitative estimate of drug-likeness (QED) is 0.847. The van der Waals surface area contributed by atoms with Gasteiger partial charge in [-0.15, -0.1) is 11.3 Å². The molecule has 0 radical (unpaired) electrons. The zero-order chi connectivity index (χ0) is 15.2. The number of nitrogens with zero attached hydrogens (tertiary/aromatic N) is 1. The molecule has 110 valence electrons. The van der Waals surface area contributed by atoms with Crippen LogP contribution in [0.5, 0.6) is 0 Å². The first-order chi connectivity index (χ1) is 10.1. The van der Waals surface area contributed by atoms with Crippen LogP contribution in [0, 0.1) is 25.7 Å². The van der Waals surface area contributed by atoms with E-state index in [4.69, 9.17) is 9.52 Å². The van der Waals surface area contributed by atoms with Crippen LogP contribution in [0.4, 0.5) is 0 Å². The summed E-state index contributed by atoms with van der Waals surface area (Å²) in [5.74, 6) is 6.81. The Labute approximate surface area is 127 Å². The molecule has 0 saturated carbocycles. The molecule has 0 fully saturated rings. The summed E-state index contributed by atoms with van der Waals surface area (Å²) in [6, 6.07) is 3.53. The van der Waals surface area contributed by atoms with Gasteiger partial charge in [-0.25, -0.2) is 4.98 Å². The summed E-state index contributed by atoms with van der Waals surface area (Å²) in [6.07, 6.45) is 0.433. The van der Waals surface area contributed by atoms with E-state index in [0.29, 0.717) is 17.2 Å². The van der Waals surface area contributed by atoms with Crippen molar-refractivity contribution >= 4 is 17.2 Å². The van der Waals surface area contributed by atoms with Gasteiger partial charge in [0.05, 0.1) is 28.6 Å². The lowest BCUT2D eigenvalue weighted by molar-refractivity contribution is 0.0951. The fraction of sp³-hybridized carbons (Fsp3) is 0.333. The molecule has 2 N–H and O–H groups in total. The molecule has 2 heterocycles. The molecule has 0 aromatic carbocycles. The average Bonchev–Trinajstić information content (AvgIpc) is 3.04. The summed E-state index contributed by atoms with van der Waals surface area (Å²) >= 11 is 1.32. The number of oxazole rings is 1. The third-order valence-electron chi connectivity index (χ3n) is 2.75. The Bertz CT molecular complexity index is 672. The molecule has 0 bridgehead atoms. The van der Waals surface area contributed by atoms with Gasteiger partial charge in [-0.05, 0) is 26.0 Å². The minimum absolute atomic E-state index is 0.0424. The van der Waals surface area contributed by atoms with Crippen LogP contribution < -0.4 is 5.32 Å². The molecule has 0 spiro atoms. The Morgan fingerprint density at radius 2 is 2.29 bits per heavy atom. The van der Waals surface area contributed by atoms with E-state index < -0.39 is 0 Å². The van der Waals surface area contributed by atoms with Crippen LogP contribution in [0.1, 0.15) is 38.3 Å². The fourth-order valence-corrected chi connectivity index (χ4v) is 2.39. The van der Waals surface area contributed by atoms with Crippen LogP contribution in [0.25, 0.3) is 0 Å². The lowest BCUT2D eigenvalue weighted by Gasteiger charge is -1.99. The molecule has 6 heteroatoms. The van der Waals surface area contributed by atoms with Gasteiger partial charge in [-0.1, -0.05) is 11.8 Å². The molecule has 2 rings (SSSR count). The maximum atomic E-state index is 12.0. The number of amides is 1. The molecule has 21 heavy (non-hydrogen) atoms. The number of thiophene rings is 1. The first-order valence-corrected chi connectivity index (χ1v) is 7.32. The van der Waals surface area contributed by atoms with E-state index in [1.807, 2.05) is 13.8 Å². The molecule has 0 aliphatic carbocycles. The second-order valence-electron chi connectivity index (χ2n) is 4.37. The lowest BCUT2D eigenvalue weighted by atomic mass is 10.4. The highest BCUT2D eigenvalue weighted by atomic mass is 32.1. The normalized spacial score (nSPS) is 10.0. The maximum Gasteiger partial charge on any atom is 0.261 e. The number of carbonyl (C=O) groups is 1. The molecule has 2 aromatic heterocycles. The first kappa shape index (κ1) is 15.3. The van der Waals surface area contributed by atoms with Gasteiger partial charge in [-0.2, -0.15) is 0 Å². The smallest absolute Gasteiger partial charge is 0.261 e. The number of aliphatic hydroxyl groups excluding tert-OH is 1. The van der Waals surface area contributed by atoms with Crippen LogP contribution in [0.15, 0.2) is 16.5 Å². The summed E-state index contributed by atoms with van der Waals surface area (Å²) in [4.78, 5) is 17.6. The molecule has 0 aliphatic rings. The van der Waals surface area contributed by atoms with Gasteiger partial charge in [0.15, 0.2) is 0 Å². The van der Waals surface area contributed by atoms with E-state index in [0.717, 1.165) is 16.3 Å². The highest BCUT2D eigenvalue weighted by Crippen LogP contribution is 2.15. The zero-order valence-electron chi connectivity index (χ0n) is 11.9. The Hall–Kier alpha value is -2.10. The summed E-state index contributed by atoms with van der Waals surface area (Å²) in [6.45, 7) is 4.00. The van der Waals surface area contributed by atoms with E-state index in [9.17, 15) is 4.79 Å². The largest absolute Gasteiger partial charge is 0.444 e. The van der Waals surface area contributed by atoms with Crippen LogP contribution in [-0.2, 0) is 6.54 Å². The lowest BCUT2D eigenvalue weighted by Crippen LogP contribution is -2.21. The molecular formula is C15H16N2O3S. The second-order valence-corrected chi connectivity index (χ2v) is 5.45.